The van der Waals surface area contributed by atoms with E-state index in [4.69, 9.17) is 32.8 Å². The second kappa shape index (κ2) is 7.88. The number of amides is 1. The molecule has 21 heavy (non-hydrogen) atoms. The number of rotatable bonds is 6. The Balaban J connectivity index is 1.72. The normalized spacial score (nSPS) is 10.2. The summed E-state index contributed by atoms with van der Waals surface area (Å²) in [5.41, 5.74) is 2.60. The molecular formula is C15H13Cl2NO3. The van der Waals surface area contributed by atoms with E-state index in [2.05, 4.69) is 5.48 Å². The number of benzene rings is 2. The molecule has 1 amide bonds. The van der Waals surface area contributed by atoms with Gasteiger partial charge in [0.15, 0.2) is 0 Å². The molecule has 2 rings (SSSR count). The molecule has 0 unspecified atom stereocenters. The number of nitrogens with one attached hydrogen (secondary N) is 1. The highest BCUT2D eigenvalue weighted by Crippen LogP contribution is 2.20. The molecule has 0 fully saturated rings. The summed E-state index contributed by atoms with van der Waals surface area (Å²) in [5, 5.41) is 0.734. The van der Waals surface area contributed by atoms with E-state index in [-0.39, 0.29) is 11.6 Å². The third-order valence-electron chi connectivity index (χ3n) is 2.54. The summed E-state index contributed by atoms with van der Waals surface area (Å²) in [6.45, 7) is 0.532. The zero-order chi connectivity index (χ0) is 15.1. The minimum absolute atomic E-state index is 0.214. The molecule has 0 heterocycles. The van der Waals surface area contributed by atoms with E-state index in [0.717, 1.165) is 5.75 Å². The van der Waals surface area contributed by atoms with E-state index in [1.807, 2.05) is 30.3 Å². The first kappa shape index (κ1) is 15.6. The molecular weight excluding hydrogens is 313 g/mol. The smallest absolute Gasteiger partial charge is 0.276 e. The summed E-state index contributed by atoms with van der Waals surface area (Å²) in [6, 6.07) is 13.9. The zero-order valence-electron chi connectivity index (χ0n) is 11.0. The first-order valence-corrected chi connectivity index (χ1v) is 6.97. The van der Waals surface area contributed by atoms with Crippen molar-refractivity contribution in [3.05, 3.63) is 64.1 Å². The quantitative estimate of drug-likeness (QED) is 0.650. The number of hydrogen-bond acceptors (Lipinski definition) is 3. The fraction of sp³-hybridized carbons (Fsp3) is 0.133. The van der Waals surface area contributed by atoms with Gasteiger partial charge in [0.25, 0.3) is 5.91 Å². The van der Waals surface area contributed by atoms with E-state index in [1.165, 1.54) is 12.1 Å². The van der Waals surface area contributed by atoms with Crippen LogP contribution < -0.4 is 10.2 Å². The van der Waals surface area contributed by atoms with Gasteiger partial charge in [-0.25, -0.2) is 5.48 Å². The summed E-state index contributed by atoms with van der Waals surface area (Å²) < 4.78 is 5.41. The molecule has 110 valence electrons. The van der Waals surface area contributed by atoms with Crippen LogP contribution in [-0.2, 0) is 4.84 Å². The Labute approximate surface area is 132 Å². The Morgan fingerprint density at radius 2 is 1.81 bits per heavy atom. The Kier molecular flexibility index (Phi) is 5.87. The number of halogens is 2. The maximum Gasteiger partial charge on any atom is 0.276 e. The van der Waals surface area contributed by atoms with Crippen LogP contribution in [0.3, 0.4) is 0 Å². The molecule has 6 heteroatoms. The Hall–Kier alpha value is -1.75. The lowest BCUT2D eigenvalue weighted by Crippen LogP contribution is -2.26. The number of para-hydroxylation sites is 1. The van der Waals surface area contributed by atoms with Crippen LogP contribution in [-0.4, -0.2) is 19.1 Å². The standard InChI is InChI=1S/C15H13Cl2NO3/c16-11-6-7-13(14(17)10-11)15(19)18-21-9-8-20-12-4-2-1-3-5-12/h1-7,10H,8-9H2,(H,18,19). The molecule has 2 aromatic carbocycles. The van der Waals surface area contributed by atoms with Crippen LogP contribution in [0.15, 0.2) is 48.5 Å². The van der Waals surface area contributed by atoms with Gasteiger partial charge in [-0.1, -0.05) is 41.4 Å². The monoisotopic (exact) mass is 325 g/mol. The average molecular weight is 326 g/mol. The van der Waals surface area contributed by atoms with E-state index in [9.17, 15) is 4.79 Å². The summed E-state index contributed by atoms with van der Waals surface area (Å²) in [4.78, 5) is 16.8. The van der Waals surface area contributed by atoms with Crippen molar-refractivity contribution in [2.24, 2.45) is 0 Å². The SMILES string of the molecule is O=C(NOCCOc1ccccc1)c1ccc(Cl)cc1Cl. The summed E-state index contributed by atoms with van der Waals surface area (Å²) in [6.07, 6.45) is 0. The fourth-order valence-electron chi connectivity index (χ4n) is 1.56. The number of ether oxygens (including phenoxy) is 1. The molecule has 4 nitrogen and oxygen atoms in total. The molecule has 0 saturated heterocycles. The second-order valence-electron chi connectivity index (χ2n) is 4.07. The summed E-state index contributed by atoms with van der Waals surface area (Å²) in [5.74, 6) is 0.310. The highest BCUT2D eigenvalue weighted by molar-refractivity contribution is 6.36. The molecule has 1 N–H and O–H groups in total. The van der Waals surface area contributed by atoms with Crippen LogP contribution >= 0.6 is 23.2 Å². The minimum atomic E-state index is -0.434. The number of hydrogen-bond donors (Lipinski definition) is 1. The van der Waals surface area contributed by atoms with Gasteiger partial charge in [0, 0.05) is 5.02 Å². The van der Waals surface area contributed by atoms with Crippen molar-refractivity contribution in [3.8, 4) is 5.75 Å². The molecule has 0 aliphatic rings. The summed E-state index contributed by atoms with van der Waals surface area (Å²) in [7, 11) is 0. The van der Waals surface area contributed by atoms with Crippen molar-refractivity contribution in [1.82, 2.24) is 5.48 Å². The fourth-order valence-corrected chi connectivity index (χ4v) is 2.06. The lowest BCUT2D eigenvalue weighted by Gasteiger charge is -2.08. The zero-order valence-corrected chi connectivity index (χ0v) is 12.5. The largest absolute Gasteiger partial charge is 0.491 e. The molecule has 0 aliphatic carbocycles. The van der Waals surface area contributed by atoms with E-state index < -0.39 is 5.91 Å². The van der Waals surface area contributed by atoms with Gasteiger partial charge in [0.1, 0.15) is 19.0 Å². The molecule has 2 aromatic rings. The number of hydroxylamine groups is 1. The predicted molar refractivity (Wildman–Crippen MR) is 81.8 cm³/mol. The number of carbonyl (C=O) groups excluding carboxylic acids is 1. The van der Waals surface area contributed by atoms with Crippen molar-refractivity contribution < 1.29 is 14.4 Å². The van der Waals surface area contributed by atoms with Crippen molar-refractivity contribution in [2.45, 2.75) is 0 Å². The van der Waals surface area contributed by atoms with Gasteiger partial charge in [0.05, 0.1) is 10.6 Å². The van der Waals surface area contributed by atoms with Gasteiger partial charge in [-0.15, -0.1) is 0 Å². The van der Waals surface area contributed by atoms with E-state index in [1.54, 1.807) is 6.07 Å². The maximum atomic E-state index is 11.8. The van der Waals surface area contributed by atoms with Crippen LogP contribution in [0.4, 0.5) is 0 Å². The Morgan fingerprint density at radius 1 is 1.05 bits per heavy atom. The Bertz CT molecular complexity index is 605. The molecule has 0 atom stereocenters. The van der Waals surface area contributed by atoms with Crippen LogP contribution in [0.25, 0.3) is 0 Å². The molecule has 0 bridgehead atoms. The van der Waals surface area contributed by atoms with Crippen LogP contribution in [0.2, 0.25) is 10.0 Å². The van der Waals surface area contributed by atoms with E-state index in [0.29, 0.717) is 17.2 Å². The highest BCUT2D eigenvalue weighted by Gasteiger charge is 2.10. The van der Waals surface area contributed by atoms with Gasteiger partial charge < -0.3 is 4.74 Å². The first-order chi connectivity index (χ1) is 10.2. The molecule has 0 aliphatic heterocycles. The van der Waals surface area contributed by atoms with Crippen LogP contribution in [0, 0.1) is 0 Å². The third kappa shape index (κ3) is 4.93. The van der Waals surface area contributed by atoms with Gasteiger partial charge in [-0.2, -0.15) is 0 Å². The Morgan fingerprint density at radius 3 is 2.52 bits per heavy atom. The molecule has 0 aromatic heterocycles. The average Bonchev–Trinajstić information content (AvgIpc) is 2.47. The topological polar surface area (TPSA) is 47.6 Å². The van der Waals surface area contributed by atoms with Crippen molar-refractivity contribution in [1.29, 1.82) is 0 Å². The lowest BCUT2D eigenvalue weighted by atomic mass is 10.2. The number of carbonyl (C=O) groups is 1. The summed E-state index contributed by atoms with van der Waals surface area (Å²) >= 11 is 11.7. The minimum Gasteiger partial charge on any atom is -0.491 e. The first-order valence-electron chi connectivity index (χ1n) is 6.22. The van der Waals surface area contributed by atoms with Crippen molar-refractivity contribution in [3.63, 3.8) is 0 Å². The molecule has 0 saturated carbocycles. The van der Waals surface area contributed by atoms with Crippen molar-refractivity contribution >= 4 is 29.1 Å². The van der Waals surface area contributed by atoms with Gasteiger partial charge in [-0.3, -0.25) is 9.63 Å². The van der Waals surface area contributed by atoms with Gasteiger partial charge in [0.2, 0.25) is 0 Å². The lowest BCUT2D eigenvalue weighted by molar-refractivity contribution is 0.0200. The third-order valence-corrected chi connectivity index (χ3v) is 3.09. The van der Waals surface area contributed by atoms with Crippen LogP contribution in [0.5, 0.6) is 5.75 Å². The maximum absolute atomic E-state index is 11.8. The molecule has 0 radical (unpaired) electrons. The van der Waals surface area contributed by atoms with Crippen molar-refractivity contribution in [2.75, 3.05) is 13.2 Å². The van der Waals surface area contributed by atoms with Gasteiger partial charge in [-0.05, 0) is 30.3 Å². The molecule has 0 spiro atoms. The van der Waals surface area contributed by atoms with Gasteiger partial charge >= 0.3 is 0 Å². The van der Waals surface area contributed by atoms with Crippen LogP contribution in [0.1, 0.15) is 10.4 Å². The predicted octanol–water partition coefficient (Wildman–Crippen LogP) is 3.73. The highest BCUT2D eigenvalue weighted by atomic mass is 35.5. The second-order valence-corrected chi connectivity index (χ2v) is 4.91. The van der Waals surface area contributed by atoms with E-state index >= 15 is 0 Å².